The van der Waals surface area contributed by atoms with E-state index in [-0.39, 0.29) is 31.3 Å². The molecule has 0 saturated heterocycles. The summed E-state index contributed by atoms with van der Waals surface area (Å²) in [7, 11) is 0. The standard InChI is InChI=1S/C27H53NO4/c1-2-3-4-5-6-7-8-9-10-11-12-13-14-15-16-20-25-32-27(31)22-21-26(30)28-23-18-17-19-24-29/h29H,2-25H2,1H3,(H,28,30). The monoisotopic (exact) mass is 455 g/mol. The molecule has 0 aromatic carbocycles. The Morgan fingerprint density at radius 2 is 1.09 bits per heavy atom. The largest absolute Gasteiger partial charge is 0.466 e. The molecule has 190 valence electrons. The summed E-state index contributed by atoms with van der Waals surface area (Å²) in [5.74, 6) is -0.380. The van der Waals surface area contributed by atoms with E-state index in [4.69, 9.17) is 9.84 Å². The smallest absolute Gasteiger partial charge is 0.306 e. The van der Waals surface area contributed by atoms with Crippen LogP contribution in [0.2, 0.25) is 0 Å². The summed E-state index contributed by atoms with van der Waals surface area (Å²) in [4.78, 5) is 23.3. The van der Waals surface area contributed by atoms with Gasteiger partial charge in [0.25, 0.3) is 0 Å². The average Bonchev–Trinajstić information content (AvgIpc) is 2.79. The van der Waals surface area contributed by atoms with Crippen molar-refractivity contribution in [3.05, 3.63) is 0 Å². The number of aliphatic hydroxyl groups is 1. The predicted octanol–water partition coefficient (Wildman–Crippen LogP) is 6.85. The van der Waals surface area contributed by atoms with Gasteiger partial charge in [0, 0.05) is 19.6 Å². The molecule has 0 aliphatic carbocycles. The van der Waals surface area contributed by atoms with Gasteiger partial charge >= 0.3 is 5.97 Å². The zero-order chi connectivity index (χ0) is 23.5. The number of esters is 1. The van der Waals surface area contributed by atoms with Gasteiger partial charge in [-0.05, 0) is 25.7 Å². The number of ether oxygens (including phenoxy) is 1. The molecule has 0 unspecified atom stereocenters. The summed E-state index contributed by atoms with van der Waals surface area (Å²) < 4.78 is 5.22. The average molecular weight is 456 g/mol. The van der Waals surface area contributed by atoms with Crippen molar-refractivity contribution in [2.24, 2.45) is 0 Å². The summed E-state index contributed by atoms with van der Waals surface area (Å²) in [6.07, 6.45) is 24.1. The molecule has 0 aliphatic heterocycles. The van der Waals surface area contributed by atoms with Crippen LogP contribution < -0.4 is 5.32 Å². The topological polar surface area (TPSA) is 75.6 Å². The second-order valence-electron chi connectivity index (χ2n) is 9.16. The van der Waals surface area contributed by atoms with Crippen molar-refractivity contribution in [3.63, 3.8) is 0 Å². The van der Waals surface area contributed by atoms with Crippen LogP contribution in [0.1, 0.15) is 142 Å². The quantitative estimate of drug-likeness (QED) is 0.117. The Morgan fingerprint density at radius 3 is 1.59 bits per heavy atom. The lowest BCUT2D eigenvalue weighted by Gasteiger charge is -2.06. The van der Waals surface area contributed by atoms with Crippen LogP contribution in [0.5, 0.6) is 0 Å². The lowest BCUT2D eigenvalue weighted by molar-refractivity contribution is -0.145. The second-order valence-corrected chi connectivity index (χ2v) is 9.16. The maximum absolute atomic E-state index is 11.7. The van der Waals surface area contributed by atoms with E-state index in [1.54, 1.807) is 0 Å². The van der Waals surface area contributed by atoms with Gasteiger partial charge in [-0.1, -0.05) is 103 Å². The number of amides is 1. The minimum Gasteiger partial charge on any atom is -0.466 e. The molecular formula is C27H53NO4. The Balaban J connectivity index is 3.23. The molecule has 2 N–H and O–H groups in total. The fraction of sp³-hybridized carbons (Fsp3) is 0.926. The summed E-state index contributed by atoms with van der Waals surface area (Å²) in [5, 5.41) is 11.5. The molecule has 0 radical (unpaired) electrons. The van der Waals surface area contributed by atoms with Crippen molar-refractivity contribution < 1.29 is 19.4 Å². The molecule has 0 aromatic heterocycles. The molecule has 5 nitrogen and oxygen atoms in total. The molecule has 0 saturated carbocycles. The van der Waals surface area contributed by atoms with E-state index >= 15 is 0 Å². The highest BCUT2D eigenvalue weighted by Gasteiger charge is 2.07. The lowest BCUT2D eigenvalue weighted by Crippen LogP contribution is -2.25. The third kappa shape index (κ3) is 25.2. The number of hydrogen-bond donors (Lipinski definition) is 2. The van der Waals surface area contributed by atoms with Crippen LogP contribution >= 0.6 is 0 Å². The fourth-order valence-electron chi connectivity index (χ4n) is 3.85. The van der Waals surface area contributed by atoms with Gasteiger partial charge in [-0.25, -0.2) is 0 Å². The van der Waals surface area contributed by atoms with Crippen LogP contribution in [0, 0.1) is 0 Å². The summed E-state index contributed by atoms with van der Waals surface area (Å²) in [6.45, 7) is 3.54. The summed E-state index contributed by atoms with van der Waals surface area (Å²) in [6, 6.07) is 0. The van der Waals surface area contributed by atoms with Crippen molar-refractivity contribution in [2.45, 2.75) is 142 Å². The van der Waals surface area contributed by atoms with E-state index in [1.807, 2.05) is 0 Å². The first-order valence-electron chi connectivity index (χ1n) is 13.7. The van der Waals surface area contributed by atoms with Gasteiger partial charge in [-0.3, -0.25) is 9.59 Å². The zero-order valence-corrected chi connectivity index (χ0v) is 21.1. The highest BCUT2D eigenvalue weighted by atomic mass is 16.5. The molecule has 5 heteroatoms. The van der Waals surface area contributed by atoms with Crippen LogP contribution in [-0.2, 0) is 14.3 Å². The summed E-state index contributed by atoms with van der Waals surface area (Å²) >= 11 is 0. The van der Waals surface area contributed by atoms with Crippen LogP contribution in [0.15, 0.2) is 0 Å². The van der Waals surface area contributed by atoms with Crippen LogP contribution in [0.4, 0.5) is 0 Å². The van der Waals surface area contributed by atoms with Gasteiger partial charge in [0.05, 0.1) is 13.0 Å². The molecule has 0 aromatic rings. The van der Waals surface area contributed by atoms with Gasteiger partial charge in [-0.2, -0.15) is 0 Å². The number of aliphatic hydroxyl groups excluding tert-OH is 1. The van der Waals surface area contributed by atoms with E-state index in [1.165, 1.54) is 89.9 Å². The van der Waals surface area contributed by atoms with Crippen molar-refractivity contribution >= 4 is 11.9 Å². The first-order valence-corrected chi connectivity index (χ1v) is 13.7. The number of nitrogens with one attached hydrogen (secondary N) is 1. The number of carbonyl (C=O) groups is 2. The Hall–Kier alpha value is -1.10. The first kappa shape index (κ1) is 30.9. The predicted molar refractivity (Wildman–Crippen MR) is 134 cm³/mol. The van der Waals surface area contributed by atoms with Crippen molar-refractivity contribution in [1.82, 2.24) is 5.32 Å². The van der Waals surface area contributed by atoms with Gasteiger partial charge < -0.3 is 15.2 Å². The van der Waals surface area contributed by atoms with Gasteiger partial charge in [-0.15, -0.1) is 0 Å². The molecule has 0 bridgehead atoms. The Labute approximate surface area is 198 Å². The van der Waals surface area contributed by atoms with Gasteiger partial charge in [0.1, 0.15) is 0 Å². The fourth-order valence-corrected chi connectivity index (χ4v) is 3.85. The van der Waals surface area contributed by atoms with Crippen LogP contribution in [0.3, 0.4) is 0 Å². The van der Waals surface area contributed by atoms with Crippen molar-refractivity contribution in [2.75, 3.05) is 19.8 Å². The number of rotatable bonds is 25. The molecule has 1 amide bonds. The second kappa shape index (κ2) is 26.2. The van der Waals surface area contributed by atoms with E-state index in [2.05, 4.69) is 12.2 Å². The van der Waals surface area contributed by atoms with Gasteiger partial charge in [0.15, 0.2) is 0 Å². The highest BCUT2D eigenvalue weighted by molar-refractivity contribution is 5.81. The van der Waals surface area contributed by atoms with E-state index in [0.717, 1.165) is 32.1 Å². The minimum atomic E-state index is -0.276. The molecule has 0 spiro atoms. The normalized spacial score (nSPS) is 10.9. The van der Waals surface area contributed by atoms with Crippen LogP contribution in [0.25, 0.3) is 0 Å². The highest BCUT2D eigenvalue weighted by Crippen LogP contribution is 2.13. The number of carbonyl (C=O) groups excluding carboxylic acids is 2. The first-order chi connectivity index (χ1) is 15.7. The Kier molecular flexibility index (Phi) is 25.3. The molecular weight excluding hydrogens is 402 g/mol. The maximum atomic E-state index is 11.7. The SMILES string of the molecule is CCCCCCCCCCCCCCCCCCOC(=O)CCC(=O)NCCCCCO. The molecule has 0 heterocycles. The Bertz CT molecular complexity index is 414. The van der Waals surface area contributed by atoms with Crippen molar-refractivity contribution in [1.29, 1.82) is 0 Å². The zero-order valence-electron chi connectivity index (χ0n) is 21.1. The lowest BCUT2D eigenvalue weighted by atomic mass is 10.0. The Morgan fingerprint density at radius 1 is 0.625 bits per heavy atom. The molecule has 0 fully saturated rings. The van der Waals surface area contributed by atoms with E-state index < -0.39 is 0 Å². The third-order valence-electron chi connectivity index (χ3n) is 5.97. The summed E-state index contributed by atoms with van der Waals surface area (Å²) in [5.41, 5.74) is 0. The number of unbranched alkanes of at least 4 members (excludes halogenated alkanes) is 17. The third-order valence-corrected chi connectivity index (χ3v) is 5.97. The molecule has 0 rings (SSSR count). The van der Waals surface area contributed by atoms with E-state index in [9.17, 15) is 9.59 Å². The molecule has 0 atom stereocenters. The number of hydrogen-bond acceptors (Lipinski definition) is 4. The molecule has 0 aliphatic rings. The maximum Gasteiger partial charge on any atom is 0.306 e. The van der Waals surface area contributed by atoms with E-state index in [0.29, 0.717) is 13.2 Å². The molecule has 32 heavy (non-hydrogen) atoms. The van der Waals surface area contributed by atoms with Crippen molar-refractivity contribution in [3.8, 4) is 0 Å². The van der Waals surface area contributed by atoms with Gasteiger partial charge in [0.2, 0.25) is 5.91 Å². The van der Waals surface area contributed by atoms with Crippen LogP contribution in [-0.4, -0.2) is 36.7 Å². The minimum absolute atomic E-state index is 0.103.